The number of nitriles is 1. The van der Waals surface area contributed by atoms with Gasteiger partial charge < -0.3 is 20.3 Å². The molecule has 1 aliphatic carbocycles. The highest BCUT2D eigenvalue weighted by Crippen LogP contribution is 2.30. The van der Waals surface area contributed by atoms with Crippen molar-refractivity contribution >= 4 is 28.7 Å². The van der Waals surface area contributed by atoms with E-state index in [9.17, 15) is 10.1 Å². The van der Waals surface area contributed by atoms with Gasteiger partial charge in [0.15, 0.2) is 0 Å². The van der Waals surface area contributed by atoms with Gasteiger partial charge in [0.1, 0.15) is 23.2 Å². The maximum atomic E-state index is 12.0. The van der Waals surface area contributed by atoms with Crippen LogP contribution in [0.25, 0.3) is 5.57 Å². The third-order valence-electron chi connectivity index (χ3n) is 6.97. The van der Waals surface area contributed by atoms with Crippen molar-refractivity contribution in [3.8, 4) is 11.8 Å². The van der Waals surface area contributed by atoms with E-state index in [1.165, 1.54) is 12.6 Å². The van der Waals surface area contributed by atoms with Crippen LogP contribution in [-0.2, 0) is 4.79 Å². The maximum absolute atomic E-state index is 12.0. The minimum absolute atomic E-state index is 0.117. The average Bonchev–Trinajstić information content (AvgIpc) is 2.92. The molecule has 2 fully saturated rings. The Morgan fingerprint density at radius 2 is 1.94 bits per heavy atom. The summed E-state index contributed by atoms with van der Waals surface area (Å²) in [7, 11) is 0. The number of likely N-dealkylation sites (N-methyl/N-ethyl adjacent to an activating group) is 1. The second kappa shape index (κ2) is 11.8. The van der Waals surface area contributed by atoms with Crippen molar-refractivity contribution < 1.29 is 9.53 Å². The third kappa shape index (κ3) is 6.07. The number of hydrazine groups is 1. The van der Waals surface area contributed by atoms with Gasteiger partial charge in [0.25, 0.3) is 0 Å². The number of anilines is 3. The van der Waals surface area contributed by atoms with Crippen molar-refractivity contribution in [1.29, 1.82) is 5.26 Å². The molecule has 1 aliphatic heterocycles. The zero-order valence-electron chi connectivity index (χ0n) is 20.9. The van der Waals surface area contributed by atoms with E-state index in [0.29, 0.717) is 28.4 Å². The van der Waals surface area contributed by atoms with E-state index >= 15 is 0 Å². The molecule has 2 heterocycles. The summed E-state index contributed by atoms with van der Waals surface area (Å²) in [4.78, 5) is 21.0. The molecule has 1 amide bonds. The van der Waals surface area contributed by atoms with E-state index < -0.39 is 5.91 Å². The number of hydrogen-bond acceptors (Lipinski definition) is 8. The molecule has 36 heavy (non-hydrogen) atoms. The smallest absolute Gasteiger partial charge is 0.248 e. The van der Waals surface area contributed by atoms with Crippen molar-refractivity contribution in [2.24, 2.45) is 5.73 Å². The van der Waals surface area contributed by atoms with Crippen LogP contribution >= 0.6 is 0 Å². The molecule has 1 saturated heterocycles. The SMILES string of the molecule is C=C(C(N)=O)c1cc(N2CCN(CC)CC2)ccc1NNc1cc(OC2CCCCC2)c(C#N)cn1. The maximum Gasteiger partial charge on any atom is 0.248 e. The lowest BCUT2D eigenvalue weighted by atomic mass is 9.98. The van der Waals surface area contributed by atoms with Crippen LogP contribution in [0, 0.1) is 11.3 Å². The van der Waals surface area contributed by atoms with Crippen LogP contribution in [0.15, 0.2) is 37.0 Å². The number of aromatic nitrogens is 1. The van der Waals surface area contributed by atoms with Crippen molar-refractivity contribution in [3.63, 3.8) is 0 Å². The van der Waals surface area contributed by atoms with Crippen molar-refractivity contribution in [1.82, 2.24) is 9.88 Å². The predicted octanol–water partition coefficient (Wildman–Crippen LogP) is 3.74. The van der Waals surface area contributed by atoms with Crippen molar-refractivity contribution in [2.75, 3.05) is 48.5 Å². The summed E-state index contributed by atoms with van der Waals surface area (Å²) in [5.41, 5.74) is 14.7. The lowest BCUT2D eigenvalue weighted by molar-refractivity contribution is -0.112. The Bertz CT molecular complexity index is 1130. The number of benzene rings is 1. The molecule has 2 aromatic rings. The first-order chi connectivity index (χ1) is 17.5. The minimum atomic E-state index is -0.578. The van der Waals surface area contributed by atoms with Crippen molar-refractivity contribution in [2.45, 2.75) is 45.1 Å². The summed E-state index contributed by atoms with van der Waals surface area (Å²) in [5.74, 6) is 0.438. The molecule has 2 aliphatic rings. The zero-order chi connectivity index (χ0) is 25.5. The van der Waals surface area contributed by atoms with Gasteiger partial charge >= 0.3 is 0 Å². The Kier molecular flexibility index (Phi) is 8.28. The minimum Gasteiger partial charge on any atom is -0.489 e. The van der Waals surface area contributed by atoms with E-state index in [0.717, 1.165) is 64.1 Å². The Morgan fingerprint density at radius 1 is 1.19 bits per heavy atom. The number of ether oxygens (including phenoxy) is 1. The summed E-state index contributed by atoms with van der Waals surface area (Å²) < 4.78 is 6.15. The lowest BCUT2D eigenvalue weighted by Crippen LogP contribution is -2.46. The normalized spacial score (nSPS) is 16.7. The number of primary amides is 1. The number of amides is 1. The van der Waals surface area contributed by atoms with Gasteiger partial charge in [-0.1, -0.05) is 19.9 Å². The Labute approximate surface area is 212 Å². The zero-order valence-corrected chi connectivity index (χ0v) is 20.9. The molecule has 1 aromatic heterocycles. The summed E-state index contributed by atoms with van der Waals surface area (Å²) in [5, 5.41) is 9.49. The van der Waals surface area contributed by atoms with Crippen molar-refractivity contribution in [3.05, 3.63) is 48.2 Å². The summed E-state index contributed by atoms with van der Waals surface area (Å²) in [6.45, 7) is 11.0. The number of nitrogens with zero attached hydrogens (tertiary/aromatic N) is 4. The van der Waals surface area contributed by atoms with E-state index in [1.807, 2.05) is 18.2 Å². The molecular formula is C27H35N7O2. The van der Waals surface area contributed by atoms with E-state index in [2.05, 4.69) is 45.2 Å². The standard InChI is InChI=1S/C27H35N7O2/c1-3-33-11-13-34(14-12-33)21-9-10-24(23(15-21)19(2)27(29)35)31-32-26-16-25(20(17-28)18-30-26)36-22-7-5-4-6-8-22/h9-10,15-16,18,22,31H,2-8,11-14H2,1H3,(H2,29,35)(H,30,32). The van der Waals surface area contributed by atoms with E-state index in [1.54, 1.807) is 6.07 Å². The number of piperazine rings is 1. The highest BCUT2D eigenvalue weighted by atomic mass is 16.5. The number of nitrogens with one attached hydrogen (secondary N) is 2. The fourth-order valence-electron chi connectivity index (χ4n) is 4.72. The number of carbonyl (C=O) groups is 1. The first-order valence-corrected chi connectivity index (χ1v) is 12.7. The van der Waals surface area contributed by atoms with Gasteiger partial charge in [-0.15, -0.1) is 0 Å². The second-order valence-corrected chi connectivity index (χ2v) is 9.30. The summed E-state index contributed by atoms with van der Waals surface area (Å²) in [6, 6.07) is 9.76. The Morgan fingerprint density at radius 3 is 2.61 bits per heavy atom. The van der Waals surface area contributed by atoms with Gasteiger partial charge in [0.05, 0.1) is 18.0 Å². The van der Waals surface area contributed by atoms with Crippen LogP contribution in [0.3, 0.4) is 0 Å². The average molecular weight is 490 g/mol. The third-order valence-corrected chi connectivity index (χ3v) is 6.97. The molecule has 0 radical (unpaired) electrons. The molecule has 4 rings (SSSR count). The molecule has 190 valence electrons. The largest absolute Gasteiger partial charge is 0.489 e. The highest BCUT2D eigenvalue weighted by molar-refractivity contribution is 6.19. The summed E-state index contributed by atoms with van der Waals surface area (Å²) in [6.07, 6.45) is 7.11. The fourth-order valence-corrected chi connectivity index (χ4v) is 4.72. The fraction of sp³-hybridized carbons (Fsp3) is 0.444. The van der Waals surface area contributed by atoms with Crippen LogP contribution < -0.4 is 26.2 Å². The van der Waals surface area contributed by atoms with Gasteiger partial charge in [-0.2, -0.15) is 5.26 Å². The van der Waals surface area contributed by atoms with Gasteiger partial charge in [-0.05, 0) is 50.4 Å². The van der Waals surface area contributed by atoms with E-state index in [4.69, 9.17) is 10.5 Å². The first-order valence-electron chi connectivity index (χ1n) is 12.7. The van der Waals surface area contributed by atoms with Crippen LogP contribution in [0.1, 0.15) is 50.2 Å². The van der Waals surface area contributed by atoms with Gasteiger partial charge in [0.2, 0.25) is 5.91 Å². The topological polar surface area (TPSA) is 120 Å². The van der Waals surface area contributed by atoms with Gasteiger partial charge in [-0.3, -0.25) is 15.6 Å². The summed E-state index contributed by atoms with van der Waals surface area (Å²) >= 11 is 0. The molecule has 1 aromatic carbocycles. The van der Waals surface area contributed by atoms with Crippen LogP contribution in [-0.4, -0.2) is 54.6 Å². The molecule has 1 saturated carbocycles. The second-order valence-electron chi connectivity index (χ2n) is 9.30. The number of pyridine rings is 1. The Hall–Kier alpha value is -3.77. The number of nitrogens with two attached hydrogens (primary N) is 1. The quantitative estimate of drug-likeness (QED) is 0.360. The van der Waals surface area contributed by atoms with Crippen LogP contribution in [0.4, 0.5) is 17.2 Å². The van der Waals surface area contributed by atoms with E-state index in [-0.39, 0.29) is 11.7 Å². The molecule has 9 heteroatoms. The number of hydrogen-bond donors (Lipinski definition) is 3. The molecule has 9 nitrogen and oxygen atoms in total. The molecule has 4 N–H and O–H groups in total. The predicted molar refractivity (Wildman–Crippen MR) is 143 cm³/mol. The highest BCUT2D eigenvalue weighted by Gasteiger charge is 2.20. The molecular weight excluding hydrogens is 454 g/mol. The lowest BCUT2D eigenvalue weighted by Gasteiger charge is -2.35. The Balaban J connectivity index is 1.51. The molecule has 0 spiro atoms. The van der Waals surface area contributed by atoms with Gasteiger partial charge in [-0.25, -0.2) is 4.98 Å². The number of rotatable bonds is 9. The molecule has 0 bridgehead atoms. The monoisotopic (exact) mass is 489 g/mol. The van der Waals surface area contributed by atoms with Crippen LogP contribution in [0.2, 0.25) is 0 Å². The molecule has 0 unspecified atom stereocenters. The van der Waals surface area contributed by atoms with Gasteiger partial charge in [0, 0.05) is 49.1 Å². The number of carbonyl (C=O) groups excluding carboxylic acids is 1. The first kappa shape index (κ1) is 25.3. The van der Waals surface area contributed by atoms with Crippen LogP contribution in [0.5, 0.6) is 5.75 Å². The molecule has 0 atom stereocenters.